The van der Waals surface area contributed by atoms with Crippen molar-refractivity contribution in [3.05, 3.63) is 0 Å². The van der Waals surface area contributed by atoms with E-state index < -0.39 is 0 Å². The van der Waals surface area contributed by atoms with E-state index in [9.17, 15) is 0 Å². The van der Waals surface area contributed by atoms with Gasteiger partial charge in [-0.2, -0.15) is 0 Å². The Morgan fingerprint density at radius 2 is 2.18 bits per heavy atom. The van der Waals surface area contributed by atoms with Crippen LogP contribution >= 0.6 is 0 Å². The van der Waals surface area contributed by atoms with Gasteiger partial charge in [-0.05, 0) is 13.3 Å². The molecular weight excluding hydrogens is 138 g/mol. The Balaban J connectivity index is 2.08. The van der Waals surface area contributed by atoms with Crippen molar-refractivity contribution in [1.29, 1.82) is 0 Å². The summed E-state index contributed by atoms with van der Waals surface area (Å²) in [6.45, 7) is 7.95. The van der Waals surface area contributed by atoms with E-state index in [1.807, 2.05) is 0 Å². The molecule has 2 nitrogen and oxygen atoms in total. The molecule has 0 saturated carbocycles. The van der Waals surface area contributed by atoms with Crippen molar-refractivity contribution in [2.75, 3.05) is 26.8 Å². The number of methoxy groups -OCH3 is 1. The van der Waals surface area contributed by atoms with E-state index in [-0.39, 0.29) is 0 Å². The Kier molecular flexibility index (Phi) is 3.34. The summed E-state index contributed by atoms with van der Waals surface area (Å²) >= 11 is 0. The van der Waals surface area contributed by atoms with Gasteiger partial charge in [0.2, 0.25) is 0 Å². The number of hydrogen-bond acceptors (Lipinski definition) is 2. The molecule has 11 heavy (non-hydrogen) atoms. The van der Waals surface area contributed by atoms with E-state index in [2.05, 4.69) is 18.7 Å². The molecule has 1 aliphatic heterocycles. The summed E-state index contributed by atoms with van der Waals surface area (Å²) in [4.78, 5) is 2.52. The fourth-order valence-electron chi connectivity index (χ4n) is 1.57. The maximum atomic E-state index is 5.08. The van der Waals surface area contributed by atoms with E-state index in [0.717, 1.165) is 18.6 Å². The van der Waals surface area contributed by atoms with Crippen LogP contribution in [-0.2, 0) is 4.74 Å². The van der Waals surface area contributed by atoms with Gasteiger partial charge in [-0.15, -0.1) is 0 Å². The van der Waals surface area contributed by atoms with E-state index in [0.29, 0.717) is 0 Å². The van der Waals surface area contributed by atoms with Crippen LogP contribution in [0.25, 0.3) is 0 Å². The van der Waals surface area contributed by atoms with Crippen LogP contribution in [0.2, 0.25) is 0 Å². The van der Waals surface area contributed by atoms with Gasteiger partial charge in [-0.3, -0.25) is 4.90 Å². The van der Waals surface area contributed by atoms with Gasteiger partial charge in [-0.1, -0.05) is 6.92 Å². The van der Waals surface area contributed by atoms with Crippen LogP contribution in [0.3, 0.4) is 0 Å². The Hall–Kier alpha value is -0.0800. The number of nitrogens with zero attached hydrogens (tertiary/aromatic N) is 1. The summed E-state index contributed by atoms with van der Waals surface area (Å²) in [6.07, 6.45) is 1.26. The van der Waals surface area contributed by atoms with Crippen LogP contribution in [0.5, 0.6) is 0 Å². The number of likely N-dealkylation sites (tertiary alicyclic amines) is 1. The predicted molar refractivity (Wildman–Crippen MR) is 46.7 cm³/mol. The number of hydrogen-bond donors (Lipinski definition) is 0. The highest BCUT2D eigenvalue weighted by Gasteiger charge is 2.28. The highest BCUT2D eigenvalue weighted by molar-refractivity contribution is 4.82. The number of ether oxygens (including phenoxy) is 1. The molecule has 1 heterocycles. The quantitative estimate of drug-likeness (QED) is 0.611. The molecule has 2 heteroatoms. The zero-order chi connectivity index (χ0) is 8.27. The summed E-state index contributed by atoms with van der Waals surface area (Å²) in [5, 5.41) is 0. The summed E-state index contributed by atoms with van der Waals surface area (Å²) < 4.78 is 5.08. The largest absolute Gasteiger partial charge is 0.384 e. The van der Waals surface area contributed by atoms with Crippen LogP contribution in [-0.4, -0.2) is 37.7 Å². The maximum absolute atomic E-state index is 5.08. The molecule has 1 saturated heterocycles. The van der Waals surface area contributed by atoms with Gasteiger partial charge in [0.25, 0.3) is 0 Å². The molecule has 1 atom stereocenters. The van der Waals surface area contributed by atoms with Crippen LogP contribution < -0.4 is 0 Å². The predicted octanol–water partition coefficient (Wildman–Crippen LogP) is 1.36. The highest BCUT2D eigenvalue weighted by Crippen LogP contribution is 2.19. The first-order chi connectivity index (χ1) is 5.27. The first-order valence-electron chi connectivity index (χ1n) is 4.51. The number of rotatable bonds is 4. The summed E-state index contributed by atoms with van der Waals surface area (Å²) in [6, 6.07) is 0.767. The maximum Gasteiger partial charge on any atom is 0.0515 e. The molecule has 0 N–H and O–H groups in total. The smallest absolute Gasteiger partial charge is 0.0515 e. The average Bonchev–Trinajstić information content (AvgIpc) is 1.94. The first kappa shape index (κ1) is 9.01. The van der Waals surface area contributed by atoms with E-state index >= 15 is 0 Å². The second-order valence-electron chi connectivity index (χ2n) is 3.53. The minimum absolute atomic E-state index is 0.767. The van der Waals surface area contributed by atoms with Gasteiger partial charge in [0.05, 0.1) is 6.61 Å². The summed E-state index contributed by atoms with van der Waals surface area (Å²) in [7, 11) is 1.78. The van der Waals surface area contributed by atoms with Gasteiger partial charge in [0.1, 0.15) is 0 Å². The van der Waals surface area contributed by atoms with Crippen molar-refractivity contribution in [3.8, 4) is 0 Å². The molecule has 66 valence electrons. The molecule has 0 radical (unpaired) electrons. The van der Waals surface area contributed by atoms with Crippen LogP contribution in [0.1, 0.15) is 20.3 Å². The fourth-order valence-corrected chi connectivity index (χ4v) is 1.57. The molecule has 1 aliphatic rings. The lowest BCUT2D eigenvalue weighted by Gasteiger charge is -2.42. The molecule has 1 unspecified atom stereocenters. The molecule has 0 aromatic carbocycles. The molecular formula is C9H19NO. The monoisotopic (exact) mass is 157 g/mol. The zero-order valence-corrected chi connectivity index (χ0v) is 7.84. The van der Waals surface area contributed by atoms with Crippen molar-refractivity contribution >= 4 is 0 Å². The van der Waals surface area contributed by atoms with Gasteiger partial charge in [0, 0.05) is 32.2 Å². The van der Waals surface area contributed by atoms with Crippen molar-refractivity contribution in [2.24, 2.45) is 5.92 Å². The van der Waals surface area contributed by atoms with E-state index in [1.54, 1.807) is 7.11 Å². The summed E-state index contributed by atoms with van der Waals surface area (Å²) in [5.41, 5.74) is 0. The molecule has 1 fully saturated rings. The van der Waals surface area contributed by atoms with E-state index in [1.165, 1.54) is 19.5 Å². The fraction of sp³-hybridized carbons (Fsp3) is 1.00. The highest BCUT2D eigenvalue weighted by atomic mass is 16.5. The standard InChI is InChI=1S/C9H19NO/c1-4-8(2)10-5-9(6-10)7-11-3/h8-9H,4-7H2,1-3H3. The minimum Gasteiger partial charge on any atom is -0.384 e. The lowest BCUT2D eigenvalue weighted by molar-refractivity contribution is 0.00976. The Morgan fingerprint density at radius 1 is 1.55 bits per heavy atom. The normalized spacial score (nSPS) is 23.2. The van der Waals surface area contributed by atoms with Crippen LogP contribution in [0.15, 0.2) is 0 Å². The second-order valence-corrected chi connectivity index (χ2v) is 3.53. The average molecular weight is 157 g/mol. The molecule has 0 aliphatic carbocycles. The minimum atomic E-state index is 0.767. The second kappa shape index (κ2) is 4.07. The van der Waals surface area contributed by atoms with E-state index in [4.69, 9.17) is 4.74 Å². The van der Waals surface area contributed by atoms with Gasteiger partial charge in [0.15, 0.2) is 0 Å². The third-order valence-electron chi connectivity index (χ3n) is 2.60. The molecule has 0 bridgehead atoms. The molecule has 0 amide bonds. The topological polar surface area (TPSA) is 12.5 Å². The lowest BCUT2D eigenvalue weighted by atomic mass is 9.98. The van der Waals surface area contributed by atoms with Crippen LogP contribution in [0, 0.1) is 5.92 Å². The van der Waals surface area contributed by atoms with Crippen LogP contribution in [0.4, 0.5) is 0 Å². The Morgan fingerprint density at radius 3 is 2.64 bits per heavy atom. The molecule has 0 spiro atoms. The van der Waals surface area contributed by atoms with Crippen molar-refractivity contribution in [3.63, 3.8) is 0 Å². The summed E-state index contributed by atoms with van der Waals surface area (Å²) in [5.74, 6) is 0.800. The van der Waals surface area contributed by atoms with Gasteiger partial charge < -0.3 is 4.74 Å². The molecule has 0 aromatic heterocycles. The van der Waals surface area contributed by atoms with Crippen molar-refractivity contribution in [2.45, 2.75) is 26.3 Å². The van der Waals surface area contributed by atoms with Gasteiger partial charge in [-0.25, -0.2) is 0 Å². The van der Waals surface area contributed by atoms with Gasteiger partial charge >= 0.3 is 0 Å². The third-order valence-corrected chi connectivity index (χ3v) is 2.60. The Labute approximate surface area is 69.5 Å². The van der Waals surface area contributed by atoms with Crippen molar-refractivity contribution < 1.29 is 4.74 Å². The zero-order valence-electron chi connectivity index (χ0n) is 7.84. The lowest BCUT2D eigenvalue weighted by Crippen LogP contribution is -2.52. The first-order valence-corrected chi connectivity index (χ1v) is 4.51. The SMILES string of the molecule is CCC(C)N1CC(COC)C1. The molecule has 0 aromatic rings. The molecule has 1 rings (SSSR count). The Bertz CT molecular complexity index is 110. The van der Waals surface area contributed by atoms with Crippen molar-refractivity contribution in [1.82, 2.24) is 4.90 Å². The third kappa shape index (κ3) is 2.17.